The minimum atomic E-state index is -0.436. The number of ether oxygens (including phenoxy) is 1. The van der Waals surface area contributed by atoms with Crippen LogP contribution in [0, 0.1) is 0 Å². The van der Waals surface area contributed by atoms with Gasteiger partial charge in [-0.25, -0.2) is 4.98 Å². The van der Waals surface area contributed by atoms with E-state index in [1.807, 2.05) is 54.6 Å². The minimum Gasteiger partial charge on any atom is -0.497 e. The normalized spacial score (nSPS) is 16.1. The van der Waals surface area contributed by atoms with Gasteiger partial charge in [-0.05, 0) is 29.8 Å². The first-order valence-corrected chi connectivity index (χ1v) is 11.2. The Kier molecular flexibility index (Phi) is 7.39. The molecule has 1 saturated heterocycles. The first-order chi connectivity index (χ1) is 16.6. The van der Waals surface area contributed by atoms with Crippen LogP contribution in [0.5, 0.6) is 5.75 Å². The number of carbonyl (C=O) groups is 2. The number of anilines is 2. The predicted octanol–water partition coefficient (Wildman–Crippen LogP) is 2.91. The maximum Gasteiger partial charge on any atom is 0.257 e. The van der Waals surface area contributed by atoms with Crippen molar-refractivity contribution in [3.05, 3.63) is 84.1 Å². The van der Waals surface area contributed by atoms with E-state index in [0.717, 1.165) is 11.3 Å². The molecule has 0 saturated carbocycles. The van der Waals surface area contributed by atoms with Gasteiger partial charge >= 0.3 is 0 Å². The van der Waals surface area contributed by atoms with E-state index >= 15 is 0 Å². The number of pyridine rings is 1. The quantitative estimate of drug-likeness (QED) is 0.565. The van der Waals surface area contributed by atoms with Gasteiger partial charge in [-0.1, -0.05) is 36.4 Å². The summed E-state index contributed by atoms with van der Waals surface area (Å²) in [6.07, 6.45) is 1.64. The molecule has 0 aliphatic carbocycles. The Balaban J connectivity index is 1.52. The van der Waals surface area contributed by atoms with Crippen molar-refractivity contribution in [2.75, 3.05) is 39.1 Å². The Morgan fingerprint density at radius 2 is 1.88 bits per heavy atom. The molecule has 0 radical (unpaired) electrons. The van der Waals surface area contributed by atoms with Crippen LogP contribution >= 0.6 is 0 Å². The largest absolute Gasteiger partial charge is 0.497 e. The summed E-state index contributed by atoms with van der Waals surface area (Å²) in [5.74, 6) is 0.904. The molecule has 1 fully saturated rings. The molecule has 2 amide bonds. The molecule has 2 heterocycles. The van der Waals surface area contributed by atoms with Crippen LogP contribution in [0.4, 0.5) is 11.5 Å². The highest BCUT2D eigenvalue weighted by atomic mass is 16.5. The van der Waals surface area contributed by atoms with Gasteiger partial charge in [-0.15, -0.1) is 0 Å². The lowest BCUT2D eigenvalue weighted by molar-refractivity contribution is -0.128. The van der Waals surface area contributed by atoms with E-state index in [1.165, 1.54) is 0 Å². The number of hydrogen-bond acceptors (Lipinski definition) is 6. The van der Waals surface area contributed by atoms with Crippen molar-refractivity contribution in [2.45, 2.75) is 12.6 Å². The van der Waals surface area contributed by atoms with Crippen LogP contribution in [0.25, 0.3) is 0 Å². The highest BCUT2D eigenvalue weighted by molar-refractivity contribution is 5.99. The van der Waals surface area contributed by atoms with Crippen molar-refractivity contribution in [3.8, 4) is 5.75 Å². The lowest BCUT2D eigenvalue weighted by atomic mass is 10.1. The van der Waals surface area contributed by atoms with E-state index in [4.69, 9.17) is 4.74 Å². The summed E-state index contributed by atoms with van der Waals surface area (Å²) in [5.41, 5.74) is 2.36. The van der Waals surface area contributed by atoms with E-state index in [2.05, 4.69) is 20.5 Å². The molecular formula is C26H29N5O3. The third-order valence-electron chi connectivity index (χ3n) is 5.93. The summed E-state index contributed by atoms with van der Waals surface area (Å²) in [6.45, 7) is 2.07. The molecule has 1 aromatic heterocycles. The van der Waals surface area contributed by atoms with Gasteiger partial charge in [0.2, 0.25) is 5.91 Å². The average Bonchev–Trinajstić information content (AvgIpc) is 2.89. The molecule has 0 bridgehead atoms. The van der Waals surface area contributed by atoms with Crippen LogP contribution in [0.1, 0.15) is 15.9 Å². The first kappa shape index (κ1) is 23.3. The topological polar surface area (TPSA) is 86.8 Å². The number of likely N-dealkylation sites (N-methyl/N-ethyl adjacent to an activating group) is 1. The molecule has 1 aliphatic heterocycles. The molecule has 8 nitrogen and oxygen atoms in total. The van der Waals surface area contributed by atoms with Gasteiger partial charge < -0.3 is 20.3 Å². The Bertz CT molecular complexity index is 1140. The summed E-state index contributed by atoms with van der Waals surface area (Å²) in [6, 6.07) is 20.5. The van der Waals surface area contributed by atoms with Gasteiger partial charge in [0.25, 0.3) is 5.91 Å². The second-order valence-corrected chi connectivity index (χ2v) is 8.09. The molecule has 176 valence electrons. The van der Waals surface area contributed by atoms with Gasteiger partial charge in [0, 0.05) is 51.2 Å². The number of benzene rings is 2. The number of amides is 2. The smallest absolute Gasteiger partial charge is 0.257 e. The number of hydrogen-bond donors (Lipinski definition) is 2. The van der Waals surface area contributed by atoms with E-state index in [-0.39, 0.29) is 11.8 Å². The van der Waals surface area contributed by atoms with Crippen LogP contribution in [-0.4, -0.2) is 66.4 Å². The molecule has 0 spiro atoms. The zero-order valence-corrected chi connectivity index (χ0v) is 19.4. The Morgan fingerprint density at radius 1 is 1.06 bits per heavy atom. The number of aromatic nitrogens is 1. The molecule has 2 aromatic carbocycles. The first-order valence-electron chi connectivity index (χ1n) is 11.2. The summed E-state index contributed by atoms with van der Waals surface area (Å²) in [5, 5.41) is 5.97. The maximum atomic E-state index is 13.5. The highest BCUT2D eigenvalue weighted by Crippen LogP contribution is 2.24. The van der Waals surface area contributed by atoms with Crippen molar-refractivity contribution in [2.24, 2.45) is 0 Å². The summed E-state index contributed by atoms with van der Waals surface area (Å²) < 4.78 is 5.28. The van der Waals surface area contributed by atoms with Crippen LogP contribution in [0.2, 0.25) is 0 Å². The number of nitrogens with zero attached hydrogens (tertiary/aromatic N) is 3. The molecular weight excluding hydrogens is 430 g/mol. The Morgan fingerprint density at radius 3 is 2.65 bits per heavy atom. The van der Waals surface area contributed by atoms with Gasteiger partial charge in [0.1, 0.15) is 17.6 Å². The van der Waals surface area contributed by atoms with Crippen LogP contribution < -0.4 is 15.4 Å². The second-order valence-electron chi connectivity index (χ2n) is 8.09. The highest BCUT2D eigenvalue weighted by Gasteiger charge is 2.34. The van der Waals surface area contributed by atoms with E-state index < -0.39 is 6.04 Å². The van der Waals surface area contributed by atoms with Gasteiger partial charge in [0.15, 0.2) is 0 Å². The fraction of sp³-hybridized carbons (Fsp3) is 0.269. The number of rotatable bonds is 7. The number of methoxy groups -OCH3 is 1. The third-order valence-corrected chi connectivity index (χ3v) is 5.93. The molecule has 8 heteroatoms. The minimum absolute atomic E-state index is 0.102. The molecule has 2 N–H and O–H groups in total. The summed E-state index contributed by atoms with van der Waals surface area (Å²) >= 11 is 0. The monoisotopic (exact) mass is 459 g/mol. The molecule has 34 heavy (non-hydrogen) atoms. The standard InChI is InChI=1S/C26H29N5O3/c1-27-25(32)23-18-31(15-14-30(23)17-19-8-4-3-5-9-19)26(33)22-12-7-13-28-24(22)29-20-10-6-11-21(16-20)34-2/h3-13,16,23H,14-15,17-18H2,1-2H3,(H,27,32)(H,28,29)/t23-/m1/s1. The van der Waals surface area contributed by atoms with E-state index in [9.17, 15) is 9.59 Å². The molecule has 3 aromatic rings. The van der Waals surface area contributed by atoms with Gasteiger partial charge in [0.05, 0.1) is 12.7 Å². The van der Waals surface area contributed by atoms with Crippen LogP contribution in [0.3, 0.4) is 0 Å². The number of carbonyl (C=O) groups excluding carboxylic acids is 2. The summed E-state index contributed by atoms with van der Waals surface area (Å²) in [7, 11) is 3.23. The fourth-order valence-electron chi connectivity index (χ4n) is 4.11. The van der Waals surface area contributed by atoms with Crippen LogP contribution in [0.15, 0.2) is 72.9 Å². The van der Waals surface area contributed by atoms with Crippen molar-refractivity contribution in [3.63, 3.8) is 0 Å². The van der Waals surface area contributed by atoms with Gasteiger partial charge in [-0.3, -0.25) is 14.5 Å². The Labute approximate surface area is 199 Å². The Hall–Kier alpha value is -3.91. The van der Waals surface area contributed by atoms with E-state index in [1.54, 1.807) is 37.4 Å². The third kappa shape index (κ3) is 5.35. The molecule has 4 rings (SSSR count). The lowest BCUT2D eigenvalue weighted by Gasteiger charge is -2.40. The van der Waals surface area contributed by atoms with Crippen molar-refractivity contribution in [1.29, 1.82) is 0 Å². The van der Waals surface area contributed by atoms with Crippen molar-refractivity contribution in [1.82, 2.24) is 20.1 Å². The number of piperazine rings is 1. The maximum absolute atomic E-state index is 13.5. The molecule has 0 unspecified atom stereocenters. The second kappa shape index (κ2) is 10.8. The predicted molar refractivity (Wildman–Crippen MR) is 131 cm³/mol. The summed E-state index contributed by atoms with van der Waals surface area (Å²) in [4.78, 5) is 34.5. The van der Waals surface area contributed by atoms with Crippen molar-refractivity contribution >= 4 is 23.3 Å². The lowest BCUT2D eigenvalue weighted by Crippen LogP contribution is -2.59. The van der Waals surface area contributed by atoms with Gasteiger partial charge in [-0.2, -0.15) is 0 Å². The zero-order chi connectivity index (χ0) is 23.9. The fourth-order valence-corrected chi connectivity index (χ4v) is 4.11. The zero-order valence-electron chi connectivity index (χ0n) is 19.4. The average molecular weight is 460 g/mol. The molecule has 1 atom stereocenters. The number of nitrogens with one attached hydrogen (secondary N) is 2. The van der Waals surface area contributed by atoms with Crippen molar-refractivity contribution < 1.29 is 14.3 Å². The SMILES string of the molecule is CNC(=O)[C@H]1CN(C(=O)c2cccnc2Nc2cccc(OC)c2)CCN1Cc1ccccc1. The van der Waals surface area contributed by atoms with E-state index in [0.29, 0.717) is 43.3 Å². The van der Waals surface area contributed by atoms with Crippen LogP contribution in [-0.2, 0) is 11.3 Å². The molecule has 1 aliphatic rings.